The van der Waals surface area contributed by atoms with Crippen molar-refractivity contribution in [2.75, 3.05) is 7.05 Å². The third-order valence-corrected chi connectivity index (χ3v) is 9.50. The summed E-state index contributed by atoms with van der Waals surface area (Å²) in [4.78, 5) is 30.0. The number of piperidine rings is 1. The molecule has 2 bridgehead atoms. The Labute approximate surface area is 153 Å². The van der Waals surface area contributed by atoms with E-state index in [-0.39, 0.29) is 24.0 Å². The molecule has 1 aromatic carbocycles. The van der Waals surface area contributed by atoms with E-state index in [0.29, 0.717) is 5.56 Å². The second-order valence-electron chi connectivity index (χ2n) is 7.06. The second-order valence-corrected chi connectivity index (χ2v) is 9.75. The molecule has 4 heterocycles. The molecule has 2 N–H and O–H groups in total. The lowest BCUT2D eigenvalue weighted by atomic mass is 9.80. The molecule has 0 aliphatic carbocycles. The first kappa shape index (κ1) is 17.0. The van der Waals surface area contributed by atoms with Gasteiger partial charge >= 0.3 is 0 Å². The number of ketones is 1. The van der Waals surface area contributed by atoms with Crippen LogP contribution in [-0.4, -0.2) is 43.3 Å². The van der Waals surface area contributed by atoms with Gasteiger partial charge in [-0.3, -0.25) is 9.59 Å². The third-order valence-electron chi connectivity index (χ3n) is 5.45. The van der Waals surface area contributed by atoms with Crippen LogP contribution in [0.5, 0.6) is 0 Å². The van der Waals surface area contributed by atoms with E-state index in [1.165, 1.54) is 21.6 Å². The number of H-pyrrole nitrogens is 1. The van der Waals surface area contributed by atoms with E-state index in [2.05, 4.69) is 4.98 Å². The van der Waals surface area contributed by atoms with Crippen molar-refractivity contribution in [3.8, 4) is 0 Å². The predicted octanol–water partition coefficient (Wildman–Crippen LogP) is 3.12. The van der Waals surface area contributed by atoms with Gasteiger partial charge in [-0.05, 0) is 12.0 Å². The number of hydrogen-bond acceptors (Lipinski definition) is 5. The van der Waals surface area contributed by atoms with Crippen LogP contribution in [0.1, 0.15) is 31.9 Å². The van der Waals surface area contributed by atoms with Gasteiger partial charge in [-0.1, -0.05) is 53.6 Å². The summed E-state index contributed by atoms with van der Waals surface area (Å²) in [5, 5.41) is 12.1. The molecule has 0 spiro atoms. The average Bonchev–Trinajstić information content (AvgIpc) is 3.02. The molecule has 3 aliphatic rings. The fourth-order valence-electron chi connectivity index (χ4n) is 4.00. The molecule has 5 nitrogen and oxygen atoms in total. The van der Waals surface area contributed by atoms with Crippen molar-refractivity contribution in [2.45, 2.75) is 36.0 Å². The fourth-order valence-corrected chi connectivity index (χ4v) is 8.13. The zero-order valence-corrected chi connectivity index (χ0v) is 15.9. The molecule has 0 radical (unpaired) electrons. The Balaban J connectivity index is 1.80. The van der Waals surface area contributed by atoms with Crippen LogP contribution in [0.25, 0.3) is 10.9 Å². The van der Waals surface area contributed by atoms with Crippen LogP contribution in [-0.2, 0) is 9.59 Å². The Morgan fingerprint density at radius 1 is 1.24 bits per heavy atom. The summed E-state index contributed by atoms with van der Waals surface area (Å²) in [5.74, 6) is -0.135. The highest BCUT2D eigenvalue weighted by molar-refractivity contribution is 8.78. The molecule has 0 unspecified atom stereocenters. The van der Waals surface area contributed by atoms with Crippen molar-refractivity contribution in [3.63, 3.8) is 0 Å². The first-order valence-corrected chi connectivity index (χ1v) is 10.4. The minimum atomic E-state index is -1.17. The largest absolute Gasteiger partial charge is 0.386 e. The molecule has 3 fully saturated rings. The number of aliphatic hydroxyl groups excluding tert-OH is 1. The zero-order valence-electron chi connectivity index (χ0n) is 14.3. The van der Waals surface area contributed by atoms with Gasteiger partial charge < -0.3 is 15.0 Å². The second kappa shape index (κ2) is 5.53. The summed E-state index contributed by atoms with van der Waals surface area (Å²) >= 11 is 0. The standard InChI is InChI=1S/C18H20N2O3S2/c1-10(2)18-14(21)8-17(24-25-18,16(23)20(18)3)15(22)12-9-19-13-7-5-4-6-11(12)13/h4-7,9-10,15,19,22H,8H2,1-3H3/t15-,17-,18-/m0/s1. The van der Waals surface area contributed by atoms with Crippen molar-refractivity contribution in [1.82, 2.24) is 9.88 Å². The number of aromatic amines is 1. The number of carbonyl (C=O) groups excluding carboxylic acids is 2. The van der Waals surface area contributed by atoms with Crippen molar-refractivity contribution in [3.05, 3.63) is 36.0 Å². The maximum absolute atomic E-state index is 13.2. The number of para-hydroxylation sites is 1. The van der Waals surface area contributed by atoms with Gasteiger partial charge in [-0.2, -0.15) is 0 Å². The van der Waals surface area contributed by atoms with Crippen LogP contribution in [0.4, 0.5) is 0 Å². The SMILES string of the molecule is CC(C)[C@]12SS[C@]([C@@H](O)c3c[nH]c4ccccc34)(CC1=O)C(=O)N2C. The number of nitrogens with zero attached hydrogens (tertiary/aromatic N) is 1. The smallest absolute Gasteiger partial charge is 0.244 e. The van der Waals surface area contributed by atoms with E-state index in [1.807, 2.05) is 38.1 Å². The summed E-state index contributed by atoms with van der Waals surface area (Å²) in [6, 6.07) is 7.66. The number of Topliss-reactive ketones (excluding diaryl/α,β-unsaturated/α-hetero) is 1. The Kier molecular flexibility index (Phi) is 3.76. The fraction of sp³-hybridized carbons (Fsp3) is 0.444. The lowest BCUT2D eigenvalue weighted by molar-refractivity contribution is -0.154. The number of aliphatic hydroxyl groups is 1. The highest BCUT2D eigenvalue weighted by Crippen LogP contribution is 2.64. The Morgan fingerprint density at radius 3 is 2.64 bits per heavy atom. The molecule has 3 aliphatic heterocycles. The highest BCUT2D eigenvalue weighted by Gasteiger charge is 2.67. The number of rotatable bonds is 3. The number of aromatic nitrogens is 1. The number of nitrogens with one attached hydrogen (secondary N) is 1. The molecule has 1 aromatic heterocycles. The van der Waals surface area contributed by atoms with Crippen molar-refractivity contribution >= 4 is 44.2 Å². The van der Waals surface area contributed by atoms with Crippen molar-refractivity contribution in [1.29, 1.82) is 0 Å². The molecule has 7 heteroatoms. The zero-order chi connectivity index (χ0) is 18.0. The maximum Gasteiger partial charge on any atom is 0.244 e. The average molecular weight is 377 g/mol. The van der Waals surface area contributed by atoms with Gasteiger partial charge in [0.25, 0.3) is 0 Å². The summed E-state index contributed by atoms with van der Waals surface area (Å²) in [6.45, 7) is 3.92. The molecule has 132 valence electrons. The van der Waals surface area contributed by atoms with E-state index < -0.39 is 15.7 Å². The van der Waals surface area contributed by atoms with Gasteiger partial charge in [0, 0.05) is 36.1 Å². The van der Waals surface area contributed by atoms with Crippen LogP contribution in [0.2, 0.25) is 0 Å². The lowest BCUT2D eigenvalue weighted by Crippen LogP contribution is -2.70. The normalized spacial score (nSPS) is 30.5. The summed E-state index contributed by atoms with van der Waals surface area (Å²) in [7, 11) is 4.46. The van der Waals surface area contributed by atoms with E-state index in [0.717, 1.165) is 10.9 Å². The number of amides is 1. The van der Waals surface area contributed by atoms with Gasteiger partial charge in [0.2, 0.25) is 5.91 Å². The molecule has 1 amide bonds. The molecule has 3 atom stereocenters. The van der Waals surface area contributed by atoms with E-state index in [1.54, 1.807) is 18.1 Å². The maximum atomic E-state index is 13.2. The Hall–Kier alpha value is -1.44. The van der Waals surface area contributed by atoms with Gasteiger partial charge in [0.15, 0.2) is 10.7 Å². The predicted molar refractivity (Wildman–Crippen MR) is 101 cm³/mol. The monoisotopic (exact) mass is 376 g/mol. The van der Waals surface area contributed by atoms with Gasteiger partial charge in [-0.25, -0.2) is 0 Å². The topological polar surface area (TPSA) is 73.4 Å². The van der Waals surface area contributed by atoms with E-state index in [9.17, 15) is 14.7 Å². The first-order valence-electron chi connectivity index (χ1n) is 8.27. The van der Waals surface area contributed by atoms with Gasteiger partial charge in [0.1, 0.15) is 10.9 Å². The molecule has 0 saturated carbocycles. The lowest BCUT2D eigenvalue weighted by Gasteiger charge is -2.57. The van der Waals surface area contributed by atoms with Crippen molar-refractivity contribution < 1.29 is 14.7 Å². The highest BCUT2D eigenvalue weighted by atomic mass is 33.1. The first-order chi connectivity index (χ1) is 11.8. The number of benzene rings is 1. The van der Waals surface area contributed by atoms with Crippen LogP contribution >= 0.6 is 21.6 Å². The quantitative estimate of drug-likeness (QED) is 0.805. The number of hydrogen-bond donors (Lipinski definition) is 2. The van der Waals surface area contributed by atoms with Crippen LogP contribution in [0.3, 0.4) is 0 Å². The molecular formula is C18H20N2O3S2. The Bertz CT molecular complexity index is 880. The Morgan fingerprint density at radius 2 is 1.96 bits per heavy atom. The summed E-state index contributed by atoms with van der Waals surface area (Å²) in [5.41, 5.74) is 1.57. The molecule has 2 aromatic rings. The van der Waals surface area contributed by atoms with E-state index in [4.69, 9.17) is 0 Å². The van der Waals surface area contributed by atoms with E-state index >= 15 is 0 Å². The minimum absolute atomic E-state index is 0.00924. The molecule has 5 rings (SSSR count). The van der Waals surface area contributed by atoms with Crippen LogP contribution < -0.4 is 0 Å². The van der Waals surface area contributed by atoms with Gasteiger partial charge in [-0.15, -0.1) is 0 Å². The number of fused-ring (bicyclic) bond motifs is 4. The minimum Gasteiger partial charge on any atom is -0.386 e. The van der Waals surface area contributed by atoms with Gasteiger partial charge in [0.05, 0.1) is 0 Å². The number of carbonyl (C=O) groups is 2. The molecule has 25 heavy (non-hydrogen) atoms. The third kappa shape index (κ3) is 2.03. The summed E-state index contributed by atoms with van der Waals surface area (Å²) < 4.78 is -1.17. The summed E-state index contributed by atoms with van der Waals surface area (Å²) in [6.07, 6.45) is 0.754. The van der Waals surface area contributed by atoms with Crippen molar-refractivity contribution in [2.24, 2.45) is 5.92 Å². The number of likely N-dealkylation sites (N-methyl/N-ethyl adjacent to an activating group) is 1. The molecular weight excluding hydrogens is 356 g/mol. The molecule has 3 saturated heterocycles. The van der Waals surface area contributed by atoms with Crippen LogP contribution in [0.15, 0.2) is 30.5 Å². The van der Waals surface area contributed by atoms with Crippen LogP contribution in [0, 0.1) is 5.92 Å².